The van der Waals surface area contributed by atoms with Crippen LogP contribution in [-0.2, 0) is 9.84 Å². The summed E-state index contributed by atoms with van der Waals surface area (Å²) >= 11 is 0. The third-order valence-electron chi connectivity index (χ3n) is 4.16. The van der Waals surface area contributed by atoms with E-state index in [1.807, 2.05) is 0 Å². The highest BCUT2D eigenvalue weighted by atomic mass is 32.2. The van der Waals surface area contributed by atoms with Gasteiger partial charge in [-0.2, -0.15) is 0 Å². The van der Waals surface area contributed by atoms with Gasteiger partial charge in [0.05, 0.1) is 11.5 Å². The molecule has 2 fully saturated rings. The Morgan fingerprint density at radius 2 is 2.17 bits per heavy atom. The number of rotatable bonds is 6. The summed E-state index contributed by atoms with van der Waals surface area (Å²) in [4.78, 5) is 2.51. The quantitative estimate of drug-likeness (QED) is 0.781. The van der Waals surface area contributed by atoms with E-state index < -0.39 is 9.84 Å². The molecule has 0 amide bonds. The van der Waals surface area contributed by atoms with Crippen LogP contribution in [-0.4, -0.2) is 57.0 Å². The first-order chi connectivity index (χ1) is 8.59. The molecule has 106 valence electrons. The first kappa shape index (κ1) is 14.3. The third kappa shape index (κ3) is 4.21. The fourth-order valence-corrected chi connectivity index (χ4v) is 4.85. The molecule has 0 aromatic rings. The lowest BCUT2D eigenvalue weighted by molar-refractivity contribution is 0.313. The maximum absolute atomic E-state index is 11.3. The Morgan fingerprint density at radius 3 is 2.83 bits per heavy atom. The number of nitrogens with one attached hydrogen (secondary N) is 1. The van der Waals surface area contributed by atoms with Crippen LogP contribution in [0.4, 0.5) is 0 Å². The molecule has 5 heteroatoms. The molecule has 2 atom stereocenters. The van der Waals surface area contributed by atoms with Crippen LogP contribution in [0, 0.1) is 5.92 Å². The van der Waals surface area contributed by atoms with Crippen molar-refractivity contribution < 1.29 is 8.42 Å². The Morgan fingerprint density at radius 1 is 1.33 bits per heavy atom. The minimum absolute atomic E-state index is 0.198. The zero-order valence-corrected chi connectivity index (χ0v) is 12.2. The highest BCUT2D eigenvalue weighted by Gasteiger charge is 2.27. The van der Waals surface area contributed by atoms with Crippen LogP contribution < -0.4 is 5.32 Å². The minimum Gasteiger partial charge on any atom is -0.312 e. The van der Waals surface area contributed by atoms with Crippen molar-refractivity contribution in [2.75, 3.05) is 37.7 Å². The van der Waals surface area contributed by atoms with Crippen molar-refractivity contribution in [1.82, 2.24) is 10.2 Å². The standard InChI is InChI=1S/C13H26N2O2S/c1-2-3-12-4-7-15(10-12)8-6-14-13-5-9-18(16,17)11-13/h12-14H,2-11H2,1H3. The van der Waals surface area contributed by atoms with Crippen LogP contribution in [0.5, 0.6) is 0 Å². The van der Waals surface area contributed by atoms with Gasteiger partial charge in [-0.15, -0.1) is 0 Å². The second kappa shape index (κ2) is 6.35. The summed E-state index contributed by atoms with van der Waals surface area (Å²) in [5.74, 6) is 1.60. The van der Waals surface area contributed by atoms with Gasteiger partial charge in [0.1, 0.15) is 0 Å². The Kier molecular flexibility index (Phi) is 5.04. The highest BCUT2D eigenvalue weighted by molar-refractivity contribution is 7.91. The Bertz CT molecular complexity index is 356. The predicted molar refractivity (Wildman–Crippen MR) is 74.5 cm³/mol. The average molecular weight is 274 g/mol. The van der Waals surface area contributed by atoms with Crippen LogP contribution in [0.15, 0.2) is 0 Å². The second-order valence-electron chi connectivity index (χ2n) is 5.80. The molecule has 2 saturated heterocycles. The van der Waals surface area contributed by atoms with E-state index in [2.05, 4.69) is 17.1 Å². The van der Waals surface area contributed by atoms with Gasteiger partial charge in [-0.3, -0.25) is 0 Å². The molecule has 4 nitrogen and oxygen atoms in total. The Labute approximate surface area is 111 Å². The molecule has 2 unspecified atom stereocenters. The molecule has 0 aromatic heterocycles. The van der Waals surface area contributed by atoms with Gasteiger partial charge in [-0.1, -0.05) is 13.3 Å². The third-order valence-corrected chi connectivity index (χ3v) is 5.93. The van der Waals surface area contributed by atoms with Crippen molar-refractivity contribution in [2.45, 2.75) is 38.6 Å². The zero-order valence-electron chi connectivity index (χ0n) is 11.4. The molecular weight excluding hydrogens is 248 g/mol. The lowest BCUT2D eigenvalue weighted by Crippen LogP contribution is -2.37. The normalized spacial score (nSPS) is 32.1. The predicted octanol–water partition coefficient (Wildman–Crippen LogP) is 0.885. The number of likely N-dealkylation sites (tertiary alicyclic amines) is 1. The monoisotopic (exact) mass is 274 g/mol. The van der Waals surface area contributed by atoms with Gasteiger partial charge < -0.3 is 10.2 Å². The molecule has 0 saturated carbocycles. The van der Waals surface area contributed by atoms with Crippen LogP contribution >= 0.6 is 0 Å². The molecule has 0 bridgehead atoms. The van der Waals surface area contributed by atoms with Crippen molar-refractivity contribution >= 4 is 9.84 Å². The lowest BCUT2D eigenvalue weighted by Gasteiger charge is -2.18. The molecule has 2 heterocycles. The summed E-state index contributed by atoms with van der Waals surface area (Å²) in [6, 6.07) is 0.198. The smallest absolute Gasteiger partial charge is 0.151 e. The van der Waals surface area contributed by atoms with Gasteiger partial charge in [0.2, 0.25) is 0 Å². The maximum Gasteiger partial charge on any atom is 0.151 e. The molecule has 0 aromatic carbocycles. The summed E-state index contributed by atoms with van der Waals surface area (Å²) in [5, 5.41) is 3.39. The molecule has 18 heavy (non-hydrogen) atoms. The summed E-state index contributed by atoms with van der Waals surface area (Å²) in [6.45, 7) is 6.70. The van der Waals surface area contributed by atoms with Crippen molar-refractivity contribution in [1.29, 1.82) is 0 Å². The van der Waals surface area contributed by atoms with Crippen LogP contribution in [0.25, 0.3) is 0 Å². The average Bonchev–Trinajstić information content (AvgIpc) is 2.87. The second-order valence-corrected chi connectivity index (χ2v) is 8.03. The van der Waals surface area contributed by atoms with Crippen LogP contribution in [0.3, 0.4) is 0 Å². The number of hydrogen-bond acceptors (Lipinski definition) is 4. The molecule has 2 rings (SSSR count). The largest absolute Gasteiger partial charge is 0.312 e. The van der Waals surface area contributed by atoms with Crippen molar-refractivity contribution in [3.63, 3.8) is 0 Å². The molecule has 0 radical (unpaired) electrons. The summed E-state index contributed by atoms with van der Waals surface area (Å²) in [6.07, 6.45) is 4.77. The van der Waals surface area contributed by atoms with E-state index in [-0.39, 0.29) is 6.04 Å². The van der Waals surface area contributed by atoms with Gasteiger partial charge in [0.25, 0.3) is 0 Å². The van der Waals surface area contributed by atoms with E-state index in [0.717, 1.165) is 25.4 Å². The van der Waals surface area contributed by atoms with E-state index in [1.165, 1.54) is 32.4 Å². The number of sulfone groups is 1. The van der Waals surface area contributed by atoms with E-state index in [4.69, 9.17) is 0 Å². The van der Waals surface area contributed by atoms with E-state index >= 15 is 0 Å². The maximum atomic E-state index is 11.3. The fourth-order valence-electron chi connectivity index (χ4n) is 3.14. The first-order valence-electron chi connectivity index (χ1n) is 7.25. The molecule has 2 aliphatic rings. The molecule has 0 aliphatic carbocycles. The van der Waals surface area contributed by atoms with Gasteiger partial charge >= 0.3 is 0 Å². The van der Waals surface area contributed by atoms with E-state index in [1.54, 1.807) is 0 Å². The number of nitrogens with zero attached hydrogens (tertiary/aromatic N) is 1. The Hall–Kier alpha value is -0.130. The molecular formula is C13H26N2O2S. The zero-order chi connectivity index (χ0) is 13.0. The SMILES string of the molecule is CCCC1CCN(CCNC2CCS(=O)(=O)C2)C1. The first-order valence-corrected chi connectivity index (χ1v) is 9.07. The van der Waals surface area contributed by atoms with Gasteiger partial charge in [0, 0.05) is 25.7 Å². The Balaban J connectivity index is 1.59. The molecule has 1 N–H and O–H groups in total. The van der Waals surface area contributed by atoms with E-state index in [0.29, 0.717) is 11.5 Å². The summed E-state index contributed by atoms with van der Waals surface area (Å²) in [5.41, 5.74) is 0. The molecule has 2 aliphatic heterocycles. The van der Waals surface area contributed by atoms with Crippen molar-refractivity contribution in [3.8, 4) is 0 Å². The van der Waals surface area contributed by atoms with Gasteiger partial charge in [-0.25, -0.2) is 8.42 Å². The van der Waals surface area contributed by atoms with Crippen molar-refractivity contribution in [3.05, 3.63) is 0 Å². The van der Waals surface area contributed by atoms with Gasteiger partial charge in [-0.05, 0) is 31.7 Å². The van der Waals surface area contributed by atoms with Crippen LogP contribution in [0.1, 0.15) is 32.6 Å². The minimum atomic E-state index is -2.74. The van der Waals surface area contributed by atoms with Crippen molar-refractivity contribution in [2.24, 2.45) is 5.92 Å². The summed E-state index contributed by atoms with van der Waals surface area (Å²) < 4.78 is 22.6. The molecule has 0 spiro atoms. The number of hydrogen-bond donors (Lipinski definition) is 1. The van der Waals surface area contributed by atoms with E-state index in [9.17, 15) is 8.42 Å². The fraction of sp³-hybridized carbons (Fsp3) is 1.00. The lowest BCUT2D eigenvalue weighted by atomic mass is 10.0. The highest BCUT2D eigenvalue weighted by Crippen LogP contribution is 2.20. The topological polar surface area (TPSA) is 49.4 Å². The summed E-state index contributed by atoms with van der Waals surface area (Å²) in [7, 11) is -2.74. The van der Waals surface area contributed by atoms with Gasteiger partial charge in [0.15, 0.2) is 9.84 Å². The van der Waals surface area contributed by atoms with Crippen LogP contribution in [0.2, 0.25) is 0 Å².